The molecule has 0 fully saturated rings. The monoisotopic (exact) mass is 320 g/mol. The Morgan fingerprint density at radius 3 is 2.55 bits per heavy atom. The summed E-state index contributed by atoms with van der Waals surface area (Å²) in [4.78, 5) is 14.2. The van der Waals surface area contributed by atoms with Gasteiger partial charge in [-0.05, 0) is 18.2 Å². The number of aromatic nitrogens is 1. The van der Waals surface area contributed by atoms with E-state index in [1.54, 1.807) is 0 Å². The van der Waals surface area contributed by atoms with Crippen molar-refractivity contribution < 1.29 is 26.7 Å². The van der Waals surface area contributed by atoms with Gasteiger partial charge >= 0.3 is 5.97 Å². The Morgan fingerprint density at radius 2 is 2.00 bits per heavy atom. The summed E-state index contributed by atoms with van der Waals surface area (Å²) in [6.45, 7) is 0. The molecule has 1 rings (SSSR count). The Bertz CT molecular complexity index is 737. The minimum Gasteiger partial charge on any atom is -0.478 e. The van der Waals surface area contributed by atoms with Gasteiger partial charge in [0.05, 0.1) is 5.69 Å². The topological polar surface area (TPSA) is 130 Å². The van der Waals surface area contributed by atoms with Crippen molar-refractivity contribution in [2.24, 2.45) is 0 Å². The van der Waals surface area contributed by atoms with E-state index in [-0.39, 0.29) is 11.5 Å². The molecule has 0 aliphatic carbocycles. The van der Waals surface area contributed by atoms with Crippen LogP contribution < -0.4 is 4.72 Å². The van der Waals surface area contributed by atoms with E-state index in [4.69, 9.17) is 5.11 Å². The number of hydrogen-bond acceptors (Lipinski definition) is 6. The molecule has 1 heterocycles. The number of carbonyl (C=O) groups is 1. The van der Waals surface area contributed by atoms with E-state index in [0.29, 0.717) is 0 Å². The van der Waals surface area contributed by atoms with Gasteiger partial charge in [-0.25, -0.2) is 26.6 Å². The molecular weight excluding hydrogens is 308 g/mol. The van der Waals surface area contributed by atoms with Crippen LogP contribution in [0.1, 0.15) is 5.69 Å². The van der Waals surface area contributed by atoms with Crippen molar-refractivity contribution in [1.82, 2.24) is 4.98 Å². The zero-order valence-electron chi connectivity index (χ0n) is 10.3. The molecule has 0 unspecified atom stereocenters. The lowest BCUT2D eigenvalue weighted by Gasteiger charge is -2.06. The lowest BCUT2D eigenvalue weighted by Crippen LogP contribution is -2.22. The summed E-state index contributed by atoms with van der Waals surface area (Å²) in [5, 5.41) is 7.41. The van der Waals surface area contributed by atoms with Gasteiger partial charge in [0, 0.05) is 12.3 Å². The number of rotatable bonds is 6. The molecule has 20 heavy (non-hydrogen) atoms. The molecule has 0 saturated carbocycles. The lowest BCUT2D eigenvalue weighted by atomic mass is 10.3. The quantitative estimate of drug-likeness (QED) is 0.701. The van der Waals surface area contributed by atoms with Crippen LogP contribution in [0.25, 0.3) is 6.08 Å². The maximum atomic E-state index is 11.6. The highest BCUT2D eigenvalue weighted by molar-refractivity contribution is 8.08. The van der Waals surface area contributed by atoms with Crippen molar-refractivity contribution in [2.75, 3.05) is 16.1 Å². The van der Waals surface area contributed by atoms with Crippen molar-refractivity contribution in [2.45, 2.75) is 0 Å². The van der Waals surface area contributed by atoms with Crippen LogP contribution in [-0.2, 0) is 24.7 Å². The normalized spacial score (nSPS) is 12.4. The summed E-state index contributed by atoms with van der Waals surface area (Å²) in [5.74, 6) is -1.27. The highest BCUT2D eigenvalue weighted by atomic mass is 32.3. The molecule has 1 aromatic rings. The van der Waals surface area contributed by atoms with Gasteiger partial charge in [0.2, 0.25) is 10.0 Å². The van der Waals surface area contributed by atoms with Crippen LogP contribution in [-0.4, -0.2) is 44.2 Å². The minimum absolute atomic E-state index is 0.0961. The SMILES string of the molecule is CS(=O)(=O)CS(=O)(=O)Nc1cccc(/C=C/C(=O)O)n1. The summed E-state index contributed by atoms with van der Waals surface area (Å²) in [6, 6.07) is 4.23. The van der Waals surface area contributed by atoms with Crippen molar-refractivity contribution in [3.8, 4) is 0 Å². The fourth-order valence-corrected chi connectivity index (χ4v) is 4.15. The number of nitrogens with zero attached hydrogens (tertiary/aromatic N) is 1. The maximum Gasteiger partial charge on any atom is 0.328 e. The van der Waals surface area contributed by atoms with E-state index in [9.17, 15) is 21.6 Å². The van der Waals surface area contributed by atoms with Crippen LogP contribution in [0.3, 0.4) is 0 Å². The van der Waals surface area contributed by atoms with Crippen LogP contribution in [0.5, 0.6) is 0 Å². The van der Waals surface area contributed by atoms with Gasteiger partial charge in [0.25, 0.3) is 0 Å². The third kappa shape index (κ3) is 6.29. The zero-order valence-corrected chi connectivity index (χ0v) is 12.0. The first-order valence-corrected chi connectivity index (χ1v) is 8.85. The van der Waals surface area contributed by atoms with Crippen molar-refractivity contribution in [3.05, 3.63) is 30.0 Å². The highest BCUT2D eigenvalue weighted by Gasteiger charge is 2.18. The summed E-state index contributed by atoms with van der Waals surface area (Å²) in [5.41, 5.74) is 0.215. The summed E-state index contributed by atoms with van der Waals surface area (Å²) >= 11 is 0. The van der Waals surface area contributed by atoms with Gasteiger partial charge in [-0.15, -0.1) is 0 Å². The average molecular weight is 320 g/mol. The standard InChI is InChI=1S/C10H12N2O6S2/c1-19(15,16)7-20(17,18)12-9-4-2-3-8(11-9)5-6-10(13)14/h2-6H,7H2,1H3,(H,11,12)(H,13,14)/b6-5+. The molecule has 0 bridgehead atoms. The molecule has 2 N–H and O–H groups in total. The number of sulfonamides is 1. The van der Waals surface area contributed by atoms with Crippen molar-refractivity contribution in [1.29, 1.82) is 0 Å². The van der Waals surface area contributed by atoms with Crippen LogP contribution in [0.15, 0.2) is 24.3 Å². The summed E-state index contributed by atoms with van der Waals surface area (Å²) in [7, 11) is -7.78. The molecule has 110 valence electrons. The van der Waals surface area contributed by atoms with Gasteiger partial charge in [0.1, 0.15) is 5.82 Å². The predicted octanol–water partition coefficient (Wildman–Crippen LogP) is -0.0768. The Hall–Kier alpha value is -1.94. The third-order valence-electron chi connectivity index (χ3n) is 1.80. The average Bonchev–Trinajstić information content (AvgIpc) is 2.22. The molecule has 0 amide bonds. The number of carboxylic acids is 1. The second-order valence-electron chi connectivity index (χ2n) is 3.88. The highest BCUT2D eigenvalue weighted by Crippen LogP contribution is 2.09. The van der Waals surface area contributed by atoms with E-state index >= 15 is 0 Å². The Balaban J connectivity index is 2.94. The molecule has 0 aliphatic heterocycles. The van der Waals surface area contributed by atoms with E-state index in [0.717, 1.165) is 12.3 Å². The summed E-state index contributed by atoms with van der Waals surface area (Å²) in [6.07, 6.45) is 2.82. The first-order chi connectivity index (χ1) is 9.07. The number of hydrogen-bond donors (Lipinski definition) is 2. The molecule has 0 aromatic carbocycles. The fraction of sp³-hybridized carbons (Fsp3) is 0.200. The molecular formula is C10H12N2O6S2. The van der Waals surface area contributed by atoms with Gasteiger partial charge in [-0.2, -0.15) is 0 Å². The number of pyridine rings is 1. The van der Waals surface area contributed by atoms with E-state index in [1.807, 2.05) is 4.72 Å². The molecule has 0 saturated heterocycles. The van der Waals surface area contributed by atoms with Crippen molar-refractivity contribution in [3.63, 3.8) is 0 Å². The number of sulfone groups is 1. The van der Waals surface area contributed by atoms with Gasteiger partial charge in [0.15, 0.2) is 14.9 Å². The van der Waals surface area contributed by atoms with E-state index in [1.165, 1.54) is 24.3 Å². The smallest absolute Gasteiger partial charge is 0.328 e. The van der Waals surface area contributed by atoms with E-state index in [2.05, 4.69) is 4.98 Å². The second-order valence-corrected chi connectivity index (χ2v) is 8.11. The van der Waals surface area contributed by atoms with Crippen molar-refractivity contribution >= 4 is 37.7 Å². The molecule has 0 spiro atoms. The minimum atomic E-state index is -4.08. The third-order valence-corrected chi connectivity index (χ3v) is 5.27. The Kier molecular flexibility index (Phi) is 4.84. The number of nitrogens with one attached hydrogen (secondary N) is 1. The molecule has 1 aromatic heterocycles. The largest absolute Gasteiger partial charge is 0.478 e. The fourth-order valence-electron chi connectivity index (χ4n) is 1.23. The predicted molar refractivity (Wildman–Crippen MR) is 73.2 cm³/mol. The molecule has 0 atom stereocenters. The number of anilines is 1. The van der Waals surface area contributed by atoms with Crippen LogP contribution in [0, 0.1) is 0 Å². The molecule has 0 aliphatic rings. The van der Waals surface area contributed by atoms with Gasteiger partial charge < -0.3 is 5.11 Å². The number of aliphatic carboxylic acids is 1. The first kappa shape index (κ1) is 16.1. The molecule has 10 heteroatoms. The second kappa shape index (κ2) is 6.01. The lowest BCUT2D eigenvalue weighted by molar-refractivity contribution is -0.131. The first-order valence-electron chi connectivity index (χ1n) is 5.14. The zero-order chi connectivity index (χ0) is 15.4. The van der Waals surface area contributed by atoms with Gasteiger partial charge in [-0.1, -0.05) is 6.07 Å². The van der Waals surface area contributed by atoms with Crippen LogP contribution in [0.4, 0.5) is 5.82 Å². The van der Waals surface area contributed by atoms with E-state index < -0.39 is 30.9 Å². The van der Waals surface area contributed by atoms with Crippen LogP contribution >= 0.6 is 0 Å². The van der Waals surface area contributed by atoms with Crippen LogP contribution in [0.2, 0.25) is 0 Å². The maximum absolute atomic E-state index is 11.6. The molecule has 8 nitrogen and oxygen atoms in total. The molecule has 0 radical (unpaired) electrons. The Morgan fingerprint density at radius 1 is 1.35 bits per heavy atom. The summed E-state index contributed by atoms with van der Waals surface area (Å²) < 4.78 is 47.0. The van der Waals surface area contributed by atoms with Gasteiger partial charge in [-0.3, -0.25) is 4.72 Å². The Labute approximate surface area is 116 Å². The number of carboxylic acid groups (broad SMARTS) is 1.